The molecule has 2 saturated carbocycles. The molecule has 0 aromatic heterocycles. The third-order valence-corrected chi connectivity index (χ3v) is 65.4. The van der Waals surface area contributed by atoms with Gasteiger partial charge < -0.3 is 0 Å². The molecule has 0 heterocycles. The van der Waals surface area contributed by atoms with Gasteiger partial charge in [0.05, 0.1) is 0 Å². The van der Waals surface area contributed by atoms with E-state index in [0.29, 0.717) is 0 Å². The van der Waals surface area contributed by atoms with Crippen molar-refractivity contribution < 1.29 is 15.6 Å². The van der Waals surface area contributed by atoms with Crippen LogP contribution in [0.3, 0.4) is 0 Å². The van der Waals surface area contributed by atoms with E-state index in [1.807, 2.05) is 0 Å². The molecule has 0 amide bonds. The van der Waals surface area contributed by atoms with Crippen molar-refractivity contribution in [2.24, 2.45) is 11.8 Å². The number of hydrogen-bond acceptors (Lipinski definition) is 0. The Morgan fingerprint density at radius 1 is 0.554 bits per heavy atom. The Hall–Kier alpha value is -1.96. The Labute approximate surface area is 348 Å². The molecule has 0 radical (unpaired) electrons. The van der Waals surface area contributed by atoms with Crippen LogP contribution in [0.25, 0.3) is 34.4 Å². The predicted octanol–water partition coefficient (Wildman–Crippen LogP) is 16.4. The van der Waals surface area contributed by atoms with Crippen LogP contribution in [0.1, 0.15) is 145 Å². The molecule has 0 N–H and O–H groups in total. The second-order valence-corrected chi connectivity index (χ2v) is 59.7. The number of halogens is 2. The topological polar surface area (TPSA) is 0 Å². The SMILES string of the molecule is CCC[SiH](C)[Zr]([Cl])([Cl])([CH]1C(CC2CCCCC2)=Cc2c(-c3ccc(CC)cc3)cccc21)[CH]1C(CC2CCCCC2)=Cc2c(-c3ccc(CC)cc3)cccc21. The average Bonchev–Trinajstić information content (AvgIpc) is 3.81. The molecule has 0 bridgehead atoms. The number of aryl methyl sites for hydroxylation is 2. The first kappa shape index (κ1) is 40.8. The summed E-state index contributed by atoms with van der Waals surface area (Å²) in [5, 5.41) is 0. The van der Waals surface area contributed by atoms with Crippen LogP contribution in [0.4, 0.5) is 0 Å². The van der Waals surface area contributed by atoms with Crippen molar-refractivity contribution in [1.29, 1.82) is 0 Å². The molecule has 8 rings (SSSR count). The molecular weight excluding hydrogens is 815 g/mol. The summed E-state index contributed by atoms with van der Waals surface area (Å²) < 4.78 is 0.302. The molecule has 3 atom stereocenters. The summed E-state index contributed by atoms with van der Waals surface area (Å²) in [6, 6.07) is 34.2. The second kappa shape index (κ2) is 17.3. The molecule has 0 aliphatic heterocycles. The van der Waals surface area contributed by atoms with E-state index in [9.17, 15) is 17.0 Å². The number of hydrogen-bond donors (Lipinski definition) is 0. The Bertz CT molecular complexity index is 1920. The van der Waals surface area contributed by atoms with Gasteiger partial charge in [-0.05, 0) is 0 Å². The van der Waals surface area contributed by atoms with Crippen LogP contribution < -0.4 is 0 Å². The third-order valence-electron chi connectivity index (χ3n) is 14.9. The molecule has 4 heteroatoms. The number of rotatable bonds is 13. The van der Waals surface area contributed by atoms with Gasteiger partial charge in [0.25, 0.3) is 0 Å². The molecular formula is C52H65Cl2SiZr. The summed E-state index contributed by atoms with van der Waals surface area (Å²) in [5.41, 5.74) is 17.0. The van der Waals surface area contributed by atoms with E-state index < -0.39 is 21.5 Å². The maximum absolute atomic E-state index is 9.25. The van der Waals surface area contributed by atoms with Gasteiger partial charge in [0, 0.05) is 0 Å². The molecule has 2 fully saturated rings. The van der Waals surface area contributed by atoms with Crippen molar-refractivity contribution in [3.8, 4) is 22.3 Å². The summed E-state index contributed by atoms with van der Waals surface area (Å²) in [4.78, 5) is 0. The average molecular weight is 880 g/mol. The Kier molecular flexibility index (Phi) is 12.6. The zero-order valence-electron chi connectivity index (χ0n) is 34.7. The van der Waals surface area contributed by atoms with Gasteiger partial charge in [0.1, 0.15) is 0 Å². The van der Waals surface area contributed by atoms with Gasteiger partial charge in [-0.3, -0.25) is 0 Å². The number of allylic oxidation sites excluding steroid dienone is 2. The van der Waals surface area contributed by atoms with Crippen molar-refractivity contribution in [2.75, 3.05) is 0 Å². The van der Waals surface area contributed by atoms with Gasteiger partial charge in [0.2, 0.25) is 0 Å². The molecule has 4 aliphatic rings. The zero-order valence-corrected chi connectivity index (χ0v) is 39.8. The van der Waals surface area contributed by atoms with Crippen molar-refractivity contribution in [2.45, 2.75) is 137 Å². The summed E-state index contributed by atoms with van der Waals surface area (Å²) in [6.45, 7) is 9.50. The summed E-state index contributed by atoms with van der Waals surface area (Å²) >= 11 is -5.04. The van der Waals surface area contributed by atoms with E-state index in [4.69, 9.17) is 0 Å². The maximum atomic E-state index is 9.25. The normalized spacial score (nSPS) is 21.5. The quantitative estimate of drug-likeness (QED) is 0.117. The Morgan fingerprint density at radius 3 is 1.34 bits per heavy atom. The molecule has 4 aliphatic carbocycles. The summed E-state index contributed by atoms with van der Waals surface area (Å²) in [5.74, 6) is -0.258. The van der Waals surface area contributed by atoms with Crippen LogP contribution in [0, 0.1) is 11.8 Å². The van der Waals surface area contributed by atoms with Gasteiger partial charge in [-0.1, -0.05) is 0 Å². The van der Waals surface area contributed by atoms with Crippen LogP contribution in [-0.4, -0.2) is 5.92 Å². The monoisotopic (exact) mass is 877 g/mol. The van der Waals surface area contributed by atoms with E-state index in [1.54, 1.807) is 11.1 Å². The van der Waals surface area contributed by atoms with E-state index in [0.717, 1.165) is 43.9 Å². The van der Waals surface area contributed by atoms with Crippen molar-refractivity contribution in [3.05, 3.63) is 129 Å². The Morgan fingerprint density at radius 2 is 0.964 bits per heavy atom. The van der Waals surface area contributed by atoms with Gasteiger partial charge in [0.15, 0.2) is 0 Å². The molecule has 0 saturated heterocycles. The summed E-state index contributed by atoms with van der Waals surface area (Å²) in [7, 11) is 18.5. The van der Waals surface area contributed by atoms with Crippen LogP contribution in [0.5, 0.6) is 0 Å². The molecule has 0 spiro atoms. The Balaban J connectivity index is 1.34. The second-order valence-electron chi connectivity index (χ2n) is 18.4. The van der Waals surface area contributed by atoms with Gasteiger partial charge in [-0.2, -0.15) is 0 Å². The fraction of sp³-hybridized carbons (Fsp3) is 0.462. The van der Waals surface area contributed by atoms with E-state index >= 15 is 0 Å². The molecule has 56 heavy (non-hydrogen) atoms. The molecule has 4 aromatic carbocycles. The third kappa shape index (κ3) is 7.66. The van der Waals surface area contributed by atoms with Gasteiger partial charge >= 0.3 is 351 Å². The summed E-state index contributed by atoms with van der Waals surface area (Å²) in [6.07, 6.45) is 24.4. The molecule has 3 unspecified atom stereocenters. The first-order valence-electron chi connectivity index (χ1n) is 22.7. The van der Waals surface area contributed by atoms with Gasteiger partial charge in [-0.15, -0.1) is 0 Å². The standard InChI is InChI=1S/2C24H27.C4H11Si.2ClH.Zr/c2*1-2-18-11-13-21(14-12-18)23-10-6-9-22-16-20(17-24(22)23)15-19-7-4-3-5-8-19;1-3-4-5-2;;;/h2*6,9-14,16-17,19H,2-5,7-8,15H2,1H3;5H,3-4H2,1-2H3;2*1H;/q;;;;;+2/p-2. The first-order valence-corrected chi connectivity index (χ1v) is 38.6. The minimum atomic E-state index is -5.04. The van der Waals surface area contributed by atoms with Crippen LogP contribution >= 0.6 is 17.0 Å². The number of fused-ring (bicyclic) bond motifs is 2. The molecule has 4 aromatic rings. The van der Waals surface area contributed by atoms with Crippen LogP contribution in [0.15, 0.2) is 96.1 Å². The molecule has 295 valence electrons. The minimum absolute atomic E-state index is 0.151. The van der Waals surface area contributed by atoms with E-state index in [1.165, 1.54) is 126 Å². The number of benzene rings is 4. The van der Waals surface area contributed by atoms with Crippen LogP contribution in [-0.2, 0) is 28.4 Å². The van der Waals surface area contributed by atoms with E-state index in [-0.39, 0.29) is 7.25 Å². The molecule has 0 nitrogen and oxygen atoms in total. The van der Waals surface area contributed by atoms with Crippen molar-refractivity contribution in [3.63, 3.8) is 0 Å². The zero-order chi connectivity index (χ0) is 38.9. The van der Waals surface area contributed by atoms with Crippen molar-refractivity contribution >= 4 is 35.1 Å². The first-order chi connectivity index (χ1) is 27.2. The van der Waals surface area contributed by atoms with Crippen LogP contribution in [0.2, 0.25) is 12.6 Å². The van der Waals surface area contributed by atoms with Gasteiger partial charge in [-0.25, -0.2) is 0 Å². The fourth-order valence-electron chi connectivity index (χ4n) is 11.8. The predicted molar refractivity (Wildman–Crippen MR) is 246 cm³/mol. The van der Waals surface area contributed by atoms with Crippen molar-refractivity contribution in [1.82, 2.24) is 0 Å². The fourth-order valence-corrected chi connectivity index (χ4v) is 53.0. The van der Waals surface area contributed by atoms with E-state index in [2.05, 4.69) is 124 Å².